The number of amides is 2. The molecule has 134 valence electrons. The number of anilines is 1. The van der Waals surface area contributed by atoms with Crippen molar-refractivity contribution < 1.29 is 22.4 Å². The number of nitrogens with one attached hydrogen (secondary N) is 2. The molecule has 5 nitrogen and oxygen atoms in total. The fourth-order valence-electron chi connectivity index (χ4n) is 2.44. The van der Waals surface area contributed by atoms with E-state index < -0.39 is 23.7 Å². The van der Waals surface area contributed by atoms with Crippen molar-refractivity contribution in [2.24, 2.45) is 0 Å². The predicted molar refractivity (Wildman–Crippen MR) is 82.6 cm³/mol. The van der Waals surface area contributed by atoms with Gasteiger partial charge in [0.25, 0.3) is 0 Å². The second kappa shape index (κ2) is 6.73. The van der Waals surface area contributed by atoms with Gasteiger partial charge < -0.3 is 10.6 Å². The van der Waals surface area contributed by atoms with Crippen molar-refractivity contribution in [2.75, 3.05) is 11.9 Å². The van der Waals surface area contributed by atoms with Crippen LogP contribution in [0.2, 0.25) is 0 Å². The molecule has 1 saturated carbocycles. The van der Waals surface area contributed by atoms with E-state index in [1.54, 1.807) is 0 Å². The van der Waals surface area contributed by atoms with Crippen LogP contribution in [0.4, 0.5) is 28.0 Å². The number of rotatable bonds is 5. The molecule has 1 aliphatic rings. The summed E-state index contributed by atoms with van der Waals surface area (Å²) >= 11 is 0. The number of halogens is 4. The van der Waals surface area contributed by atoms with Gasteiger partial charge in [0.2, 0.25) is 0 Å². The number of benzene rings is 1. The van der Waals surface area contributed by atoms with Gasteiger partial charge in [0.15, 0.2) is 5.69 Å². The molecule has 1 aromatic carbocycles. The molecule has 1 aliphatic carbocycles. The van der Waals surface area contributed by atoms with Gasteiger partial charge in [-0.1, -0.05) is 0 Å². The first-order chi connectivity index (χ1) is 11.8. The van der Waals surface area contributed by atoms with Crippen LogP contribution in [0, 0.1) is 5.82 Å². The van der Waals surface area contributed by atoms with Gasteiger partial charge in [-0.3, -0.25) is 4.68 Å². The fraction of sp³-hybridized carbons (Fsp3) is 0.375. The van der Waals surface area contributed by atoms with Gasteiger partial charge in [0.1, 0.15) is 5.82 Å². The summed E-state index contributed by atoms with van der Waals surface area (Å²) < 4.78 is 52.5. The Hall–Kier alpha value is -2.58. The van der Waals surface area contributed by atoms with E-state index in [0.717, 1.165) is 18.9 Å². The number of alkyl halides is 3. The molecule has 0 spiro atoms. The highest BCUT2D eigenvalue weighted by Gasteiger charge is 2.37. The quantitative estimate of drug-likeness (QED) is 0.802. The highest BCUT2D eigenvalue weighted by atomic mass is 19.4. The molecule has 2 amide bonds. The average Bonchev–Trinajstić information content (AvgIpc) is 3.29. The van der Waals surface area contributed by atoms with E-state index >= 15 is 0 Å². The third-order valence-electron chi connectivity index (χ3n) is 3.81. The number of urea groups is 1. The first kappa shape index (κ1) is 17.2. The monoisotopic (exact) mass is 356 g/mol. The summed E-state index contributed by atoms with van der Waals surface area (Å²) in [6.07, 6.45) is -2.79. The van der Waals surface area contributed by atoms with E-state index in [0.29, 0.717) is 11.4 Å². The minimum atomic E-state index is -4.48. The Morgan fingerprint density at radius 3 is 2.52 bits per heavy atom. The highest BCUT2D eigenvalue weighted by molar-refractivity contribution is 5.89. The van der Waals surface area contributed by atoms with Gasteiger partial charge in [-0.15, -0.1) is 0 Å². The van der Waals surface area contributed by atoms with Crippen molar-refractivity contribution in [2.45, 2.75) is 31.5 Å². The van der Waals surface area contributed by atoms with Crippen molar-refractivity contribution >= 4 is 11.7 Å². The number of carbonyl (C=O) groups is 1. The summed E-state index contributed by atoms with van der Waals surface area (Å²) in [6.45, 7) is 0.254. The van der Waals surface area contributed by atoms with E-state index in [-0.39, 0.29) is 19.0 Å². The third-order valence-corrected chi connectivity index (χ3v) is 3.81. The lowest BCUT2D eigenvalue weighted by Gasteiger charge is -2.09. The lowest BCUT2D eigenvalue weighted by Crippen LogP contribution is -2.32. The molecule has 1 fully saturated rings. The van der Waals surface area contributed by atoms with Crippen molar-refractivity contribution in [3.8, 4) is 0 Å². The minimum absolute atomic E-state index is 0.108. The van der Waals surface area contributed by atoms with Crippen LogP contribution in [0.25, 0.3) is 0 Å². The molecular formula is C16H16F4N4O. The Kier molecular flexibility index (Phi) is 4.65. The first-order valence-electron chi connectivity index (χ1n) is 7.78. The highest BCUT2D eigenvalue weighted by Crippen LogP contribution is 2.42. The molecule has 0 atom stereocenters. The maximum atomic E-state index is 12.8. The number of aromatic nitrogens is 2. The van der Waals surface area contributed by atoms with E-state index in [2.05, 4.69) is 15.7 Å². The molecule has 2 N–H and O–H groups in total. The Balaban J connectivity index is 1.55. The van der Waals surface area contributed by atoms with Crippen LogP contribution in [0.1, 0.15) is 30.1 Å². The Labute approximate surface area is 141 Å². The summed E-state index contributed by atoms with van der Waals surface area (Å²) in [5.74, 6) is -0.311. The predicted octanol–water partition coefficient (Wildman–Crippen LogP) is 3.74. The van der Waals surface area contributed by atoms with E-state index in [4.69, 9.17) is 0 Å². The second-order valence-corrected chi connectivity index (χ2v) is 5.84. The topological polar surface area (TPSA) is 59.0 Å². The molecule has 9 heteroatoms. The largest absolute Gasteiger partial charge is 0.435 e. The Bertz CT molecular complexity index is 750. The normalized spacial score (nSPS) is 14.4. The van der Waals surface area contributed by atoms with Crippen molar-refractivity contribution in [1.82, 2.24) is 15.1 Å². The maximum Gasteiger partial charge on any atom is 0.435 e. The van der Waals surface area contributed by atoms with Gasteiger partial charge in [-0.25, -0.2) is 9.18 Å². The van der Waals surface area contributed by atoms with E-state index in [1.165, 1.54) is 28.9 Å². The minimum Gasteiger partial charge on any atom is -0.336 e. The molecule has 0 aliphatic heterocycles. The summed E-state index contributed by atoms with van der Waals surface area (Å²) in [4.78, 5) is 11.8. The second-order valence-electron chi connectivity index (χ2n) is 5.84. The Morgan fingerprint density at radius 1 is 1.24 bits per heavy atom. The van der Waals surface area contributed by atoms with Crippen molar-refractivity contribution in [1.29, 1.82) is 0 Å². The zero-order chi connectivity index (χ0) is 18.0. The lowest BCUT2D eigenvalue weighted by molar-refractivity contribution is -0.141. The van der Waals surface area contributed by atoms with Crippen LogP contribution < -0.4 is 10.6 Å². The number of carbonyl (C=O) groups excluding carboxylic acids is 1. The number of hydrogen-bond acceptors (Lipinski definition) is 2. The standard InChI is InChI=1S/C16H16F4N4O/c17-11-3-5-12(6-4-11)22-15(25)21-7-8-24-13(10-1-2-10)9-14(23-24)16(18,19)20/h3-6,9-10H,1-2,7-8H2,(H2,21,22,25). The summed E-state index contributed by atoms with van der Waals surface area (Å²) in [6, 6.07) is 5.78. The van der Waals surface area contributed by atoms with Crippen LogP contribution in [-0.4, -0.2) is 22.4 Å². The van der Waals surface area contributed by atoms with Crippen LogP contribution in [0.15, 0.2) is 30.3 Å². The van der Waals surface area contributed by atoms with Gasteiger partial charge in [0.05, 0.1) is 6.54 Å². The van der Waals surface area contributed by atoms with E-state index in [1.807, 2.05) is 0 Å². The Morgan fingerprint density at radius 2 is 1.92 bits per heavy atom. The average molecular weight is 356 g/mol. The maximum absolute atomic E-state index is 12.8. The smallest absolute Gasteiger partial charge is 0.336 e. The molecule has 25 heavy (non-hydrogen) atoms. The fourth-order valence-corrected chi connectivity index (χ4v) is 2.44. The van der Waals surface area contributed by atoms with Crippen LogP contribution in [-0.2, 0) is 12.7 Å². The molecular weight excluding hydrogens is 340 g/mol. The summed E-state index contributed by atoms with van der Waals surface area (Å²) in [7, 11) is 0. The molecule has 0 unspecified atom stereocenters. The van der Waals surface area contributed by atoms with Crippen LogP contribution >= 0.6 is 0 Å². The molecule has 3 rings (SSSR count). The molecule has 0 bridgehead atoms. The molecule has 2 aromatic rings. The van der Waals surface area contributed by atoms with E-state index in [9.17, 15) is 22.4 Å². The molecule has 1 aromatic heterocycles. The summed E-state index contributed by atoms with van der Waals surface area (Å²) in [5.41, 5.74) is 0.0502. The summed E-state index contributed by atoms with van der Waals surface area (Å²) in [5, 5.41) is 8.66. The number of hydrogen-bond donors (Lipinski definition) is 2. The van der Waals surface area contributed by atoms with Crippen LogP contribution in [0.5, 0.6) is 0 Å². The molecule has 0 saturated heterocycles. The molecule has 1 heterocycles. The SMILES string of the molecule is O=C(NCCn1nc(C(F)(F)F)cc1C1CC1)Nc1ccc(F)cc1. The zero-order valence-corrected chi connectivity index (χ0v) is 13.1. The van der Waals surface area contributed by atoms with Gasteiger partial charge in [0, 0.05) is 23.8 Å². The van der Waals surface area contributed by atoms with Gasteiger partial charge in [-0.05, 0) is 43.2 Å². The first-order valence-corrected chi connectivity index (χ1v) is 7.78. The van der Waals surface area contributed by atoms with Gasteiger partial charge >= 0.3 is 12.2 Å². The zero-order valence-electron chi connectivity index (χ0n) is 13.1. The van der Waals surface area contributed by atoms with Crippen molar-refractivity contribution in [3.05, 3.63) is 47.5 Å². The van der Waals surface area contributed by atoms with Crippen LogP contribution in [0.3, 0.4) is 0 Å². The molecule has 0 radical (unpaired) electrons. The lowest BCUT2D eigenvalue weighted by atomic mass is 10.2. The van der Waals surface area contributed by atoms with Gasteiger partial charge in [-0.2, -0.15) is 18.3 Å². The van der Waals surface area contributed by atoms with Crippen molar-refractivity contribution in [3.63, 3.8) is 0 Å². The third kappa shape index (κ3) is 4.49. The number of nitrogens with zero attached hydrogens (tertiary/aromatic N) is 2.